The lowest BCUT2D eigenvalue weighted by Crippen LogP contribution is -2.49. The Hall–Kier alpha value is -1.96. The van der Waals surface area contributed by atoms with E-state index in [1.165, 1.54) is 24.3 Å². The van der Waals surface area contributed by atoms with Crippen LogP contribution in [0.2, 0.25) is 0 Å². The monoisotopic (exact) mass is 358 g/mol. The summed E-state index contributed by atoms with van der Waals surface area (Å²) in [6, 6.07) is 5.01. The number of urea groups is 1. The van der Waals surface area contributed by atoms with Crippen LogP contribution in [0.15, 0.2) is 24.3 Å². The molecule has 5 nitrogen and oxygen atoms in total. The number of anilines is 1. The summed E-state index contributed by atoms with van der Waals surface area (Å²) < 4.78 is 46.2. The number of carbonyl (C=O) groups excluding carboxylic acids is 1. The van der Waals surface area contributed by atoms with Crippen LogP contribution in [-0.2, 0) is 4.74 Å². The predicted octanol–water partition coefficient (Wildman–Crippen LogP) is 4.01. The van der Waals surface area contributed by atoms with Crippen molar-refractivity contribution in [2.24, 2.45) is 5.41 Å². The second-order valence-electron chi connectivity index (χ2n) is 6.64. The Morgan fingerprint density at radius 3 is 2.72 bits per heavy atom. The van der Waals surface area contributed by atoms with Crippen molar-refractivity contribution >= 4 is 11.7 Å². The topological polar surface area (TPSA) is 50.8 Å². The molecule has 0 aliphatic carbocycles. The second kappa shape index (κ2) is 7.11. The summed E-state index contributed by atoms with van der Waals surface area (Å²) in [5.74, 6) is -0.357. The Morgan fingerprint density at radius 2 is 2.00 bits per heavy atom. The van der Waals surface area contributed by atoms with Crippen LogP contribution in [0.4, 0.5) is 23.7 Å². The first-order valence-corrected chi connectivity index (χ1v) is 8.35. The molecule has 138 valence electrons. The molecular formula is C17H21F3N2O3. The maximum Gasteiger partial charge on any atom is 0.573 e. The van der Waals surface area contributed by atoms with Gasteiger partial charge < -0.3 is 19.7 Å². The minimum absolute atomic E-state index is 0.106. The van der Waals surface area contributed by atoms with Crippen molar-refractivity contribution in [2.75, 3.05) is 31.6 Å². The molecule has 2 aliphatic rings. The summed E-state index contributed by atoms with van der Waals surface area (Å²) in [4.78, 5) is 14.3. The van der Waals surface area contributed by atoms with E-state index in [4.69, 9.17) is 4.74 Å². The summed E-state index contributed by atoms with van der Waals surface area (Å²) >= 11 is 0. The molecule has 0 saturated carbocycles. The van der Waals surface area contributed by atoms with E-state index in [0.29, 0.717) is 26.3 Å². The molecule has 1 spiro atoms. The average molecular weight is 358 g/mol. The predicted molar refractivity (Wildman–Crippen MR) is 85.4 cm³/mol. The molecule has 0 unspecified atom stereocenters. The Bertz CT molecular complexity index is 610. The number of nitrogens with one attached hydrogen (secondary N) is 1. The van der Waals surface area contributed by atoms with Gasteiger partial charge in [-0.1, -0.05) is 6.07 Å². The molecule has 0 radical (unpaired) electrons. The number of hydrogen-bond donors (Lipinski definition) is 1. The number of amides is 2. The lowest BCUT2D eigenvalue weighted by atomic mass is 9.74. The van der Waals surface area contributed by atoms with Gasteiger partial charge in [0.25, 0.3) is 0 Å². The molecule has 2 amide bonds. The molecule has 1 aromatic rings. The zero-order chi connectivity index (χ0) is 17.9. The molecule has 8 heteroatoms. The van der Waals surface area contributed by atoms with Crippen molar-refractivity contribution in [1.29, 1.82) is 0 Å². The first kappa shape index (κ1) is 17.8. The minimum atomic E-state index is -4.76. The quantitative estimate of drug-likeness (QED) is 0.869. The van der Waals surface area contributed by atoms with Crippen LogP contribution in [0.25, 0.3) is 0 Å². The van der Waals surface area contributed by atoms with Crippen molar-refractivity contribution in [3.05, 3.63) is 24.3 Å². The van der Waals surface area contributed by atoms with Gasteiger partial charge >= 0.3 is 12.4 Å². The van der Waals surface area contributed by atoms with Crippen LogP contribution in [0.1, 0.15) is 25.7 Å². The molecule has 2 fully saturated rings. The minimum Gasteiger partial charge on any atom is -0.406 e. The highest BCUT2D eigenvalue weighted by atomic mass is 19.4. The molecule has 25 heavy (non-hydrogen) atoms. The van der Waals surface area contributed by atoms with Gasteiger partial charge in [-0.3, -0.25) is 0 Å². The number of halogens is 3. The summed E-state index contributed by atoms with van der Waals surface area (Å²) in [6.45, 7) is 2.73. The van der Waals surface area contributed by atoms with E-state index in [9.17, 15) is 18.0 Å². The SMILES string of the molecule is O=C(Nc1cccc(OC(F)(F)F)c1)N1CCCC2(CCOCC2)C1. The van der Waals surface area contributed by atoms with Gasteiger partial charge in [0.1, 0.15) is 5.75 Å². The van der Waals surface area contributed by atoms with E-state index in [1.54, 1.807) is 4.90 Å². The summed E-state index contributed by atoms with van der Waals surface area (Å²) in [6.07, 6.45) is -0.887. The molecule has 1 aromatic carbocycles. The van der Waals surface area contributed by atoms with Crippen LogP contribution in [0.3, 0.4) is 0 Å². The number of nitrogens with zero attached hydrogens (tertiary/aromatic N) is 1. The molecule has 2 saturated heterocycles. The van der Waals surface area contributed by atoms with Crippen molar-refractivity contribution in [3.63, 3.8) is 0 Å². The maximum atomic E-state index is 12.5. The third-order valence-electron chi connectivity index (χ3n) is 4.82. The van der Waals surface area contributed by atoms with Crippen molar-refractivity contribution in [3.8, 4) is 5.75 Å². The molecule has 1 N–H and O–H groups in total. The van der Waals surface area contributed by atoms with E-state index in [1.807, 2.05) is 0 Å². The number of alkyl halides is 3. The normalized spacial score (nSPS) is 20.4. The third kappa shape index (κ3) is 4.78. The third-order valence-corrected chi connectivity index (χ3v) is 4.82. The van der Waals surface area contributed by atoms with Gasteiger partial charge in [-0.25, -0.2) is 4.79 Å². The molecule has 0 aromatic heterocycles. The molecule has 0 bridgehead atoms. The Morgan fingerprint density at radius 1 is 1.24 bits per heavy atom. The average Bonchev–Trinajstić information content (AvgIpc) is 2.54. The zero-order valence-electron chi connectivity index (χ0n) is 13.8. The van der Waals surface area contributed by atoms with Crippen molar-refractivity contribution in [2.45, 2.75) is 32.0 Å². The van der Waals surface area contributed by atoms with E-state index in [0.717, 1.165) is 25.7 Å². The smallest absolute Gasteiger partial charge is 0.406 e. The Labute approximate surface area is 144 Å². The van der Waals surface area contributed by atoms with E-state index < -0.39 is 6.36 Å². The van der Waals surface area contributed by atoms with Crippen LogP contribution in [-0.4, -0.2) is 43.6 Å². The lowest BCUT2D eigenvalue weighted by molar-refractivity contribution is -0.274. The van der Waals surface area contributed by atoms with Gasteiger partial charge in [0.15, 0.2) is 0 Å². The highest BCUT2D eigenvalue weighted by Crippen LogP contribution is 2.39. The summed E-state index contributed by atoms with van der Waals surface area (Å²) in [5, 5.41) is 2.67. The number of ether oxygens (including phenoxy) is 2. The summed E-state index contributed by atoms with van der Waals surface area (Å²) in [5.41, 5.74) is 0.382. The first-order valence-electron chi connectivity index (χ1n) is 8.35. The van der Waals surface area contributed by atoms with Gasteiger partial charge in [-0.15, -0.1) is 13.2 Å². The first-order chi connectivity index (χ1) is 11.9. The van der Waals surface area contributed by atoms with Gasteiger partial charge in [0.05, 0.1) is 0 Å². The Kier molecular flexibility index (Phi) is 5.08. The van der Waals surface area contributed by atoms with Crippen LogP contribution >= 0.6 is 0 Å². The summed E-state index contributed by atoms with van der Waals surface area (Å²) in [7, 11) is 0. The van der Waals surface area contributed by atoms with E-state index in [2.05, 4.69) is 10.1 Å². The maximum absolute atomic E-state index is 12.5. The van der Waals surface area contributed by atoms with Gasteiger partial charge in [-0.2, -0.15) is 0 Å². The van der Waals surface area contributed by atoms with E-state index >= 15 is 0 Å². The number of benzene rings is 1. The van der Waals surface area contributed by atoms with Crippen molar-refractivity contribution in [1.82, 2.24) is 4.90 Å². The number of rotatable bonds is 2. The molecular weight excluding hydrogens is 337 g/mol. The number of carbonyl (C=O) groups is 1. The zero-order valence-corrected chi connectivity index (χ0v) is 13.8. The van der Waals surface area contributed by atoms with E-state index in [-0.39, 0.29) is 22.9 Å². The fourth-order valence-electron chi connectivity index (χ4n) is 3.57. The molecule has 3 rings (SSSR count). The highest BCUT2D eigenvalue weighted by molar-refractivity contribution is 5.89. The fraction of sp³-hybridized carbons (Fsp3) is 0.588. The van der Waals surface area contributed by atoms with Crippen LogP contribution < -0.4 is 10.1 Å². The second-order valence-corrected chi connectivity index (χ2v) is 6.64. The lowest BCUT2D eigenvalue weighted by Gasteiger charge is -2.45. The Balaban J connectivity index is 1.63. The fourth-order valence-corrected chi connectivity index (χ4v) is 3.57. The number of piperidine rings is 1. The van der Waals surface area contributed by atoms with Gasteiger partial charge in [0.2, 0.25) is 0 Å². The highest BCUT2D eigenvalue weighted by Gasteiger charge is 2.38. The van der Waals surface area contributed by atoms with Gasteiger partial charge in [0, 0.05) is 38.1 Å². The van der Waals surface area contributed by atoms with Crippen LogP contribution in [0, 0.1) is 5.41 Å². The van der Waals surface area contributed by atoms with Crippen molar-refractivity contribution < 1.29 is 27.4 Å². The molecule has 2 aliphatic heterocycles. The number of likely N-dealkylation sites (tertiary alicyclic amines) is 1. The largest absolute Gasteiger partial charge is 0.573 e. The molecule has 0 atom stereocenters. The number of hydrogen-bond acceptors (Lipinski definition) is 3. The molecule has 2 heterocycles. The van der Waals surface area contributed by atoms with Crippen LogP contribution in [0.5, 0.6) is 5.75 Å². The van der Waals surface area contributed by atoms with Gasteiger partial charge in [-0.05, 0) is 43.2 Å². The standard InChI is InChI=1S/C17H21F3N2O3/c18-17(19,20)25-14-4-1-3-13(11-14)21-15(23)22-8-2-5-16(12-22)6-9-24-10-7-16/h1,3-4,11H,2,5-10,12H2,(H,21,23).